The fraction of sp³-hybridized carbons (Fsp3) is 0.417. The molecule has 0 amide bonds. The van der Waals surface area contributed by atoms with E-state index in [-0.39, 0.29) is 5.41 Å². The molecule has 31 heavy (non-hydrogen) atoms. The Labute approximate surface area is 186 Å². The maximum absolute atomic E-state index is 5.14. The molecular weight excluding hydrogens is 404 g/mol. The van der Waals surface area contributed by atoms with Crippen molar-refractivity contribution in [1.29, 1.82) is 0 Å². The number of hydrogen-bond acceptors (Lipinski definition) is 7. The van der Waals surface area contributed by atoms with Crippen LogP contribution in [0.25, 0.3) is 20.4 Å². The molecule has 0 atom stereocenters. The van der Waals surface area contributed by atoms with Crippen molar-refractivity contribution in [1.82, 2.24) is 19.9 Å². The van der Waals surface area contributed by atoms with Crippen molar-refractivity contribution < 1.29 is 0 Å². The van der Waals surface area contributed by atoms with Gasteiger partial charge in [0.2, 0.25) is 0 Å². The number of thiophene rings is 1. The summed E-state index contributed by atoms with van der Waals surface area (Å²) in [6.45, 7) is 8.49. The number of pyridine rings is 2. The summed E-state index contributed by atoms with van der Waals surface area (Å²) in [4.78, 5) is 22.2. The summed E-state index contributed by atoms with van der Waals surface area (Å²) in [5.41, 5.74) is 5.12. The highest BCUT2D eigenvalue weighted by Crippen LogP contribution is 2.46. The van der Waals surface area contributed by atoms with Crippen LogP contribution in [0, 0.1) is 5.41 Å². The summed E-state index contributed by atoms with van der Waals surface area (Å²) in [5.74, 6) is 1.98. The van der Waals surface area contributed by atoms with Crippen LogP contribution in [-0.4, -0.2) is 33.5 Å². The molecule has 0 saturated carbocycles. The molecule has 7 heteroatoms. The van der Waals surface area contributed by atoms with Crippen LogP contribution in [0.5, 0.6) is 0 Å². The molecule has 5 rings (SSSR count). The van der Waals surface area contributed by atoms with Gasteiger partial charge in [0.05, 0.1) is 22.5 Å². The lowest BCUT2D eigenvalue weighted by Crippen LogP contribution is -2.26. The predicted octanol–water partition coefficient (Wildman–Crippen LogP) is 5.22. The van der Waals surface area contributed by atoms with Gasteiger partial charge in [0.25, 0.3) is 0 Å². The second-order valence-corrected chi connectivity index (χ2v) is 10.1. The van der Waals surface area contributed by atoms with Crippen molar-refractivity contribution in [2.45, 2.75) is 46.6 Å². The van der Waals surface area contributed by atoms with Gasteiger partial charge in [0, 0.05) is 25.2 Å². The number of hydrogen-bond donors (Lipinski definition) is 1. The summed E-state index contributed by atoms with van der Waals surface area (Å²) in [6, 6.07) is 5.95. The Hall–Kier alpha value is -2.80. The molecule has 0 spiro atoms. The van der Waals surface area contributed by atoms with E-state index in [1.54, 1.807) is 17.7 Å². The molecule has 4 aromatic heterocycles. The van der Waals surface area contributed by atoms with E-state index >= 15 is 0 Å². The number of aromatic nitrogens is 4. The summed E-state index contributed by atoms with van der Waals surface area (Å²) in [5, 5.41) is 4.69. The summed E-state index contributed by atoms with van der Waals surface area (Å²) in [7, 11) is 2.14. The van der Waals surface area contributed by atoms with Gasteiger partial charge in [-0.1, -0.05) is 19.9 Å². The van der Waals surface area contributed by atoms with Gasteiger partial charge in [-0.3, -0.25) is 4.98 Å². The second-order valence-electron chi connectivity index (χ2n) is 9.10. The topological polar surface area (TPSA) is 66.8 Å². The minimum absolute atomic E-state index is 0.282. The van der Waals surface area contributed by atoms with Gasteiger partial charge in [-0.2, -0.15) is 0 Å². The molecular formula is C24H28N6S. The zero-order chi connectivity index (χ0) is 21.6. The Morgan fingerprint density at radius 3 is 2.81 bits per heavy atom. The van der Waals surface area contributed by atoms with E-state index < -0.39 is 0 Å². The summed E-state index contributed by atoms with van der Waals surface area (Å²) >= 11 is 1.69. The van der Waals surface area contributed by atoms with Crippen LogP contribution in [-0.2, 0) is 19.4 Å². The van der Waals surface area contributed by atoms with E-state index in [4.69, 9.17) is 9.97 Å². The molecule has 1 N–H and O–H groups in total. The van der Waals surface area contributed by atoms with Crippen molar-refractivity contribution in [3.05, 3.63) is 47.5 Å². The molecule has 1 aliphatic carbocycles. The number of anilines is 2. The standard InChI is InChI=1S/C24H28N6S/c1-5-30(4)22-16-9-10-24(2,3)12-17(16)18-19-20(31-23(18)29-22)21(28-14-27-19)26-13-15-8-6-7-11-25-15/h6-8,11,14H,5,9-10,12-13H2,1-4H3,(H,26,27,28). The summed E-state index contributed by atoms with van der Waals surface area (Å²) < 4.78 is 1.07. The highest BCUT2D eigenvalue weighted by atomic mass is 32.1. The maximum Gasteiger partial charge on any atom is 0.147 e. The highest BCUT2D eigenvalue weighted by molar-refractivity contribution is 7.26. The lowest BCUT2D eigenvalue weighted by molar-refractivity contribution is 0.317. The molecule has 0 bridgehead atoms. The Kier molecular flexibility index (Phi) is 5.01. The molecule has 0 fully saturated rings. The van der Waals surface area contributed by atoms with Gasteiger partial charge in [-0.25, -0.2) is 15.0 Å². The molecule has 0 unspecified atom stereocenters. The van der Waals surface area contributed by atoms with E-state index in [9.17, 15) is 0 Å². The molecule has 6 nitrogen and oxygen atoms in total. The van der Waals surface area contributed by atoms with Crippen molar-refractivity contribution in [3.63, 3.8) is 0 Å². The molecule has 1 aliphatic rings. The molecule has 0 radical (unpaired) electrons. The van der Waals surface area contributed by atoms with Gasteiger partial charge in [0.1, 0.15) is 22.8 Å². The van der Waals surface area contributed by atoms with E-state index in [2.05, 4.69) is 48.0 Å². The van der Waals surface area contributed by atoms with E-state index in [0.717, 1.165) is 51.8 Å². The Morgan fingerprint density at radius 1 is 1.16 bits per heavy atom. The third-order valence-electron chi connectivity index (χ3n) is 6.30. The number of fused-ring (bicyclic) bond motifs is 5. The van der Waals surface area contributed by atoms with Crippen LogP contribution in [0.4, 0.5) is 11.6 Å². The smallest absolute Gasteiger partial charge is 0.147 e. The van der Waals surface area contributed by atoms with Crippen LogP contribution >= 0.6 is 11.3 Å². The lowest BCUT2D eigenvalue weighted by Gasteiger charge is -2.34. The zero-order valence-electron chi connectivity index (χ0n) is 18.6. The average molecular weight is 433 g/mol. The van der Waals surface area contributed by atoms with E-state index in [1.807, 2.05) is 24.4 Å². The molecule has 0 aromatic carbocycles. The van der Waals surface area contributed by atoms with Crippen LogP contribution in [0.3, 0.4) is 0 Å². The average Bonchev–Trinajstić information content (AvgIpc) is 3.16. The zero-order valence-corrected chi connectivity index (χ0v) is 19.4. The monoisotopic (exact) mass is 432 g/mol. The van der Waals surface area contributed by atoms with Gasteiger partial charge in [0.15, 0.2) is 0 Å². The van der Waals surface area contributed by atoms with E-state index in [1.165, 1.54) is 22.9 Å². The first kappa shape index (κ1) is 20.1. The number of rotatable bonds is 5. The van der Waals surface area contributed by atoms with Crippen LogP contribution in [0.1, 0.15) is 44.0 Å². The van der Waals surface area contributed by atoms with Crippen molar-refractivity contribution in [2.75, 3.05) is 23.8 Å². The molecule has 4 heterocycles. The van der Waals surface area contributed by atoms with Crippen LogP contribution < -0.4 is 10.2 Å². The third kappa shape index (κ3) is 3.61. The molecule has 160 valence electrons. The predicted molar refractivity (Wildman–Crippen MR) is 129 cm³/mol. The van der Waals surface area contributed by atoms with Crippen molar-refractivity contribution in [3.8, 4) is 0 Å². The fourth-order valence-corrected chi connectivity index (χ4v) is 5.57. The SMILES string of the molecule is CCN(C)c1nc2sc3c(NCc4ccccn4)ncnc3c2c2c1CCC(C)(C)C2. The normalized spacial score (nSPS) is 15.2. The Balaban J connectivity index is 1.67. The molecule has 0 saturated heterocycles. The lowest BCUT2D eigenvalue weighted by atomic mass is 9.73. The first-order valence-electron chi connectivity index (χ1n) is 10.9. The Morgan fingerprint density at radius 2 is 2.03 bits per heavy atom. The fourth-order valence-electron chi connectivity index (χ4n) is 4.45. The highest BCUT2D eigenvalue weighted by Gasteiger charge is 2.31. The minimum Gasteiger partial charge on any atom is -0.363 e. The summed E-state index contributed by atoms with van der Waals surface area (Å²) in [6.07, 6.45) is 6.79. The van der Waals surface area contributed by atoms with Crippen LogP contribution in [0.15, 0.2) is 30.7 Å². The third-order valence-corrected chi connectivity index (χ3v) is 7.38. The number of nitrogens with one attached hydrogen (secondary N) is 1. The van der Waals surface area contributed by atoms with Gasteiger partial charge in [-0.05, 0) is 54.9 Å². The second kappa shape index (κ2) is 7.71. The quantitative estimate of drug-likeness (QED) is 0.466. The largest absolute Gasteiger partial charge is 0.363 e. The molecule has 4 aromatic rings. The van der Waals surface area contributed by atoms with Gasteiger partial charge < -0.3 is 10.2 Å². The number of nitrogens with zero attached hydrogens (tertiary/aromatic N) is 5. The maximum atomic E-state index is 5.14. The Bertz CT molecular complexity index is 1250. The van der Waals surface area contributed by atoms with Crippen molar-refractivity contribution >= 4 is 43.4 Å². The molecule has 0 aliphatic heterocycles. The van der Waals surface area contributed by atoms with E-state index in [0.29, 0.717) is 6.54 Å². The van der Waals surface area contributed by atoms with Gasteiger partial charge in [-0.15, -0.1) is 11.3 Å². The minimum atomic E-state index is 0.282. The van der Waals surface area contributed by atoms with Crippen LogP contribution in [0.2, 0.25) is 0 Å². The first-order valence-corrected chi connectivity index (χ1v) is 11.7. The first-order chi connectivity index (χ1) is 15.0. The van der Waals surface area contributed by atoms with Crippen molar-refractivity contribution in [2.24, 2.45) is 5.41 Å². The van der Waals surface area contributed by atoms with Gasteiger partial charge >= 0.3 is 0 Å².